The molecule has 3 heteroatoms. The SMILES string of the molecule is CCCC(F)(CN)C1CCOC2(CCCC2)C1. The average Bonchev–Trinajstić information content (AvgIpc) is 2.77. The van der Waals surface area contributed by atoms with Crippen LogP contribution >= 0.6 is 0 Å². The van der Waals surface area contributed by atoms with Crippen LogP contribution in [0.15, 0.2) is 0 Å². The van der Waals surface area contributed by atoms with Gasteiger partial charge in [0.25, 0.3) is 0 Å². The molecule has 17 heavy (non-hydrogen) atoms. The Kier molecular flexibility index (Phi) is 4.09. The van der Waals surface area contributed by atoms with Crippen LogP contribution in [0.2, 0.25) is 0 Å². The molecule has 2 atom stereocenters. The van der Waals surface area contributed by atoms with E-state index in [1.165, 1.54) is 12.8 Å². The largest absolute Gasteiger partial charge is 0.375 e. The third-order valence-corrected chi connectivity index (χ3v) is 4.74. The van der Waals surface area contributed by atoms with Crippen molar-refractivity contribution in [3.05, 3.63) is 0 Å². The van der Waals surface area contributed by atoms with E-state index in [-0.39, 0.29) is 18.1 Å². The predicted molar refractivity (Wildman–Crippen MR) is 67.7 cm³/mol. The van der Waals surface area contributed by atoms with Gasteiger partial charge in [-0.2, -0.15) is 0 Å². The molecular weight excluding hydrogens is 217 g/mol. The van der Waals surface area contributed by atoms with Crippen molar-refractivity contribution in [1.29, 1.82) is 0 Å². The van der Waals surface area contributed by atoms with Gasteiger partial charge in [-0.25, -0.2) is 4.39 Å². The molecule has 1 saturated heterocycles. The lowest BCUT2D eigenvalue weighted by Crippen LogP contribution is -2.48. The van der Waals surface area contributed by atoms with Gasteiger partial charge in [-0.05, 0) is 38.0 Å². The Hall–Kier alpha value is -0.150. The summed E-state index contributed by atoms with van der Waals surface area (Å²) in [5.41, 5.74) is 4.54. The molecule has 1 saturated carbocycles. The first-order chi connectivity index (χ1) is 8.14. The fraction of sp³-hybridized carbons (Fsp3) is 1.00. The minimum Gasteiger partial charge on any atom is -0.375 e. The first-order valence-corrected chi connectivity index (χ1v) is 7.17. The van der Waals surface area contributed by atoms with E-state index in [1.54, 1.807) is 0 Å². The predicted octanol–water partition coefficient (Wildman–Crippen LogP) is 3.19. The lowest BCUT2D eigenvalue weighted by Gasteiger charge is -2.43. The minimum absolute atomic E-state index is 0.00314. The van der Waals surface area contributed by atoms with Crippen LogP contribution in [0.1, 0.15) is 58.3 Å². The van der Waals surface area contributed by atoms with Crippen LogP contribution in [0.25, 0.3) is 0 Å². The van der Waals surface area contributed by atoms with Crippen molar-refractivity contribution in [2.45, 2.75) is 69.6 Å². The first-order valence-electron chi connectivity index (χ1n) is 7.17. The van der Waals surface area contributed by atoms with E-state index in [2.05, 4.69) is 0 Å². The highest BCUT2D eigenvalue weighted by Crippen LogP contribution is 2.46. The van der Waals surface area contributed by atoms with E-state index >= 15 is 0 Å². The summed E-state index contributed by atoms with van der Waals surface area (Å²) in [5.74, 6) is 0.110. The number of halogens is 1. The maximum absolute atomic E-state index is 14.9. The maximum atomic E-state index is 14.9. The van der Waals surface area contributed by atoms with Crippen molar-refractivity contribution in [3.63, 3.8) is 0 Å². The quantitative estimate of drug-likeness (QED) is 0.823. The van der Waals surface area contributed by atoms with E-state index in [0.717, 1.165) is 38.7 Å². The molecule has 1 heterocycles. The van der Waals surface area contributed by atoms with Gasteiger partial charge < -0.3 is 10.5 Å². The standard InChI is InChI=1S/C14H26FNO/c1-2-6-14(15,11-16)12-5-9-17-13(10-12)7-3-4-8-13/h12H,2-11,16H2,1H3. The van der Waals surface area contributed by atoms with Crippen molar-refractivity contribution >= 4 is 0 Å². The Bertz CT molecular complexity index is 253. The Morgan fingerprint density at radius 2 is 2.12 bits per heavy atom. The molecule has 100 valence electrons. The second-order valence-electron chi connectivity index (χ2n) is 5.92. The van der Waals surface area contributed by atoms with Gasteiger partial charge >= 0.3 is 0 Å². The van der Waals surface area contributed by atoms with Crippen LogP contribution < -0.4 is 5.73 Å². The van der Waals surface area contributed by atoms with Crippen LogP contribution in [0.4, 0.5) is 4.39 Å². The molecule has 0 radical (unpaired) electrons. The summed E-state index contributed by atoms with van der Waals surface area (Å²) in [7, 11) is 0. The fourth-order valence-electron chi connectivity index (χ4n) is 3.73. The number of nitrogens with two attached hydrogens (primary N) is 1. The van der Waals surface area contributed by atoms with Crippen molar-refractivity contribution in [2.24, 2.45) is 11.7 Å². The summed E-state index contributed by atoms with van der Waals surface area (Å²) in [5, 5.41) is 0. The van der Waals surface area contributed by atoms with Crippen LogP contribution in [0.5, 0.6) is 0 Å². The smallest absolute Gasteiger partial charge is 0.126 e. The second-order valence-corrected chi connectivity index (χ2v) is 5.92. The molecule has 2 nitrogen and oxygen atoms in total. The van der Waals surface area contributed by atoms with Gasteiger partial charge in [-0.1, -0.05) is 26.2 Å². The molecule has 2 aliphatic rings. The topological polar surface area (TPSA) is 35.2 Å². The molecule has 2 N–H and O–H groups in total. The lowest BCUT2D eigenvalue weighted by atomic mass is 9.74. The first kappa shape index (κ1) is 13.3. The third kappa shape index (κ3) is 2.65. The molecule has 1 spiro atoms. The van der Waals surface area contributed by atoms with Crippen molar-refractivity contribution < 1.29 is 9.13 Å². The molecule has 2 fully saturated rings. The van der Waals surface area contributed by atoms with Crippen molar-refractivity contribution in [3.8, 4) is 0 Å². The summed E-state index contributed by atoms with van der Waals surface area (Å²) in [6.07, 6.45) is 7.93. The lowest BCUT2D eigenvalue weighted by molar-refractivity contribution is -0.121. The number of rotatable bonds is 4. The van der Waals surface area contributed by atoms with Crippen molar-refractivity contribution in [1.82, 2.24) is 0 Å². The Morgan fingerprint density at radius 3 is 2.71 bits per heavy atom. The summed E-state index contributed by atoms with van der Waals surface area (Å²) in [6.45, 7) is 2.93. The molecule has 0 aromatic rings. The van der Waals surface area contributed by atoms with E-state index in [4.69, 9.17) is 10.5 Å². The molecule has 0 aromatic carbocycles. The van der Waals surface area contributed by atoms with E-state index in [1.807, 2.05) is 6.92 Å². The minimum atomic E-state index is -1.16. The highest BCUT2D eigenvalue weighted by molar-refractivity contribution is 4.98. The van der Waals surface area contributed by atoms with E-state index in [9.17, 15) is 4.39 Å². The van der Waals surface area contributed by atoms with Gasteiger partial charge in [0.2, 0.25) is 0 Å². The Balaban J connectivity index is 2.05. The number of hydrogen-bond acceptors (Lipinski definition) is 2. The number of hydrogen-bond donors (Lipinski definition) is 1. The molecular formula is C14H26FNO. The monoisotopic (exact) mass is 243 g/mol. The molecule has 1 aliphatic carbocycles. The third-order valence-electron chi connectivity index (χ3n) is 4.74. The van der Waals surface area contributed by atoms with Gasteiger partial charge in [-0.3, -0.25) is 0 Å². The molecule has 0 amide bonds. The fourth-order valence-corrected chi connectivity index (χ4v) is 3.73. The van der Waals surface area contributed by atoms with Gasteiger partial charge in [0.15, 0.2) is 0 Å². The molecule has 1 aliphatic heterocycles. The average molecular weight is 243 g/mol. The van der Waals surface area contributed by atoms with Crippen LogP contribution in [-0.2, 0) is 4.74 Å². The Morgan fingerprint density at radius 1 is 1.41 bits per heavy atom. The Labute approximate surface area is 104 Å². The summed E-state index contributed by atoms with van der Waals surface area (Å²) in [4.78, 5) is 0. The maximum Gasteiger partial charge on any atom is 0.126 e. The van der Waals surface area contributed by atoms with Gasteiger partial charge in [0.1, 0.15) is 5.67 Å². The van der Waals surface area contributed by atoms with Gasteiger partial charge in [0.05, 0.1) is 5.60 Å². The van der Waals surface area contributed by atoms with Crippen molar-refractivity contribution in [2.75, 3.05) is 13.2 Å². The molecule has 2 unspecified atom stereocenters. The number of alkyl halides is 1. The molecule has 0 bridgehead atoms. The normalized spacial score (nSPS) is 31.6. The van der Waals surface area contributed by atoms with Crippen LogP contribution in [-0.4, -0.2) is 24.4 Å². The zero-order valence-corrected chi connectivity index (χ0v) is 11.0. The van der Waals surface area contributed by atoms with Gasteiger partial charge in [-0.15, -0.1) is 0 Å². The van der Waals surface area contributed by atoms with E-state index < -0.39 is 5.67 Å². The van der Waals surface area contributed by atoms with E-state index in [0.29, 0.717) is 6.42 Å². The van der Waals surface area contributed by atoms with Crippen LogP contribution in [0, 0.1) is 5.92 Å². The summed E-state index contributed by atoms with van der Waals surface area (Å²) in [6, 6.07) is 0. The molecule has 2 rings (SSSR count). The highest BCUT2D eigenvalue weighted by Gasteiger charge is 2.47. The van der Waals surface area contributed by atoms with Crippen LogP contribution in [0.3, 0.4) is 0 Å². The zero-order valence-electron chi connectivity index (χ0n) is 11.0. The molecule has 0 aromatic heterocycles. The summed E-state index contributed by atoms with van der Waals surface area (Å²) < 4.78 is 20.8. The second kappa shape index (κ2) is 5.23. The van der Waals surface area contributed by atoms with Gasteiger partial charge in [0, 0.05) is 13.2 Å². The zero-order chi connectivity index (χ0) is 12.4. The highest BCUT2D eigenvalue weighted by atomic mass is 19.1. The summed E-state index contributed by atoms with van der Waals surface area (Å²) >= 11 is 0. The number of ether oxygens (including phenoxy) is 1.